The number of nitro benzene ring substituents is 1. The Bertz CT molecular complexity index is 822. The van der Waals surface area contributed by atoms with Gasteiger partial charge in [-0.05, 0) is 29.2 Å². The number of sulfonamides is 1. The molecule has 2 aromatic rings. The molecule has 0 saturated heterocycles. The van der Waals surface area contributed by atoms with Crippen LogP contribution in [0.3, 0.4) is 0 Å². The number of benzene rings is 2. The highest BCUT2D eigenvalue weighted by Gasteiger charge is 2.22. The average Bonchev–Trinajstić information content (AvgIpc) is 2.46. The zero-order chi connectivity index (χ0) is 17.3. The Balaban J connectivity index is 2.38. The molecule has 0 fully saturated rings. The predicted octanol–water partition coefficient (Wildman–Crippen LogP) is 3.69. The summed E-state index contributed by atoms with van der Waals surface area (Å²) >= 11 is 0. The van der Waals surface area contributed by atoms with Gasteiger partial charge in [0.2, 0.25) is 0 Å². The maximum absolute atomic E-state index is 12.5. The highest BCUT2D eigenvalue weighted by Crippen LogP contribution is 2.30. The predicted molar refractivity (Wildman–Crippen MR) is 89.0 cm³/mol. The number of nitro groups is 1. The van der Waals surface area contributed by atoms with Crippen LogP contribution in [0.5, 0.6) is 0 Å². The lowest BCUT2D eigenvalue weighted by atomic mass is 9.86. The van der Waals surface area contributed by atoms with E-state index >= 15 is 0 Å². The van der Waals surface area contributed by atoms with Crippen LogP contribution < -0.4 is 4.72 Å². The van der Waals surface area contributed by atoms with Crippen molar-refractivity contribution < 1.29 is 13.3 Å². The number of non-ortho nitro benzene ring substituents is 1. The maximum Gasteiger partial charge on any atom is 0.269 e. The van der Waals surface area contributed by atoms with Crippen LogP contribution in [-0.2, 0) is 15.4 Å². The minimum atomic E-state index is -3.81. The Morgan fingerprint density at radius 1 is 1.00 bits per heavy atom. The van der Waals surface area contributed by atoms with Crippen LogP contribution in [-0.4, -0.2) is 13.3 Å². The van der Waals surface area contributed by atoms with Gasteiger partial charge in [0.05, 0.1) is 15.5 Å². The van der Waals surface area contributed by atoms with Crippen LogP contribution in [0.1, 0.15) is 26.3 Å². The average molecular weight is 334 g/mol. The highest BCUT2D eigenvalue weighted by atomic mass is 32.2. The number of nitrogens with one attached hydrogen (secondary N) is 1. The Hall–Kier alpha value is -2.41. The fourth-order valence-electron chi connectivity index (χ4n) is 2.18. The summed E-state index contributed by atoms with van der Waals surface area (Å²) in [5, 5.41) is 10.6. The van der Waals surface area contributed by atoms with Gasteiger partial charge in [0.15, 0.2) is 0 Å². The quantitative estimate of drug-likeness (QED) is 0.682. The minimum Gasteiger partial charge on any atom is -0.279 e. The molecule has 0 unspecified atom stereocenters. The van der Waals surface area contributed by atoms with Crippen molar-refractivity contribution in [3.63, 3.8) is 0 Å². The Labute approximate surface area is 135 Å². The van der Waals surface area contributed by atoms with Crippen molar-refractivity contribution in [1.82, 2.24) is 0 Å². The number of hydrogen-bond acceptors (Lipinski definition) is 4. The third-order valence-corrected chi connectivity index (χ3v) is 4.72. The molecule has 0 aliphatic rings. The van der Waals surface area contributed by atoms with Crippen molar-refractivity contribution in [2.24, 2.45) is 0 Å². The molecule has 122 valence electrons. The van der Waals surface area contributed by atoms with Gasteiger partial charge in [-0.2, -0.15) is 0 Å². The van der Waals surface area contributed by atoms with E-state index in [1.807, 2.05) is 32.9 Å². The second-order valence-corrected chi connectivity index (χ2v) is 7.83. The van der Waals surface area contributed by atoms with Crippen LogP contribution in [0, 0.1) is 10.1 Å². The molecule has 0 spiro atoms. The molecular weight excluding hydrogens is 316 g/mol. The lowest BCUT2D eigenvalue weighted by Crippen LogP contribution is -2.19. The molecular formula is C16H18N2O4S. The molecule has 2 rings (SSSR count). The Morgan fingerprint density at radius 2 is 1.57 bits per heavy atom. The minimum absolute atomic E-state index is 0.0215. The molecule has 2 aromatic carbocycles. The standard InChI is InChI=1S/C16H18N2O4S/c1-16(2,3)14-6-4-5-7-15(14)17-23(21,22)13-10-8-12(9-11-13)18(19)20/h4-11,17H,1-3H3. The van der Waals surface area contributed by atoms with Crippen molar-refractivity contribution >= 4 is 21.4 Å². The van der Waals surface area contributed by atoms with Crippen molar-refractivity contribution in [3.05, 3.63) is 64.2 Å². The van der Waals surface area contributed by atoms with E-state index in [1.54, 1.807) is 12.1 Å². The summed E-state index contributed by atoms with van der Waals surface area (Å²) < 4.78 is 27.5. The fraction of sp³-hybridized carbons (Fsp3) is 0.250. The van der Waals surface area contributed by atoms with Crippen LogP contribution in [0.2, 0.25) is 0 Å². The van der Waals surface area contributed by atoms with Gasteiger partial charge in [0.25, 0.3) is 15.7 Å². The van der Waals surface area contributed by atoms with Crippen LogP contribution in [0.25, 0.3) is 0 Å². The first-order valence-electron chi connectivity index (χ1n) is 6.98. The van der Waals surface area contributed by atoms with E-state index in [1.165, 1.54) is 24.3 Å². The van der Waals surface area contributed by atoms with Gasteiger partial charge in [0, 0.05) is 12.1 Å². The van der Waals surface area contributed by atoms with E-state index in [4.69, 9.17) is 0 Å². The smallest absolute Gasteiger partial charge is 0.269 e. The lowest BCUT2D eigenvalue weighted by molar-refractivity contribution is -0.384. The summed E-state index contributed by atoms with van der Waals surface area (Å²) in [6, 6.07) is 12.0. The van der Waals surface area contributed by atoms with Crippen LogP contribution in [0.4, 0.5) is 11.4 Å². The summed E-state index contributed by atoms with van der Waals surface area (Å²) in [5.41, 5.74) is 0.983. The first-order chi connectivity index (χ1) is 10.6. The second kappa shape index (κ2) is 6.00. The van der Waals surface area contributed by atoms with Gasteiger partial charge >= 0.3 is 0 Å². The van der Waals surface area contributed by atoms with Crippen LogP contribution >= 0.6 is 0 Å². The van der Waals surface area contributed by atoms with Gasteiger partial charge in [-0.25, -0.2) is 8.42 Å². The molecule has 0 aromatic heterocycles. The summed E-state index contributed by atoms with van der Waals surface area (Å²) in [6.07, 6.45) is 0. The normalized spacial score (nSPS) is 12.0. The topological polar surface area (TPSA) is 89.3 Å². The maximum atomic E-state index is 12.5. The number of hydrogen-bond donors (Lipinski definition) is 1. The van der Waals surface area contributed by atoms with E-state index < -0.39 is 14.9 Å². The summed E-state index contributed by atoms with van der Waals surface area (Å²) in [5.74, 6) is 0. The second-order valence-electron chi connectivity index (χ2n) is 6.15. The van der Waals surface area contributed by atoms with Crippen molar-refractivity contribution in [3.8, 4) is 0 Å². The van der Waals surface area contributed by atoms with Crippen molar-refractivity contribution in [2.45, 2.75) is 31.1 Å². The molecule has 0 atom stereocenters. The summed E-state index contributed by atoms with van der Waals surface area (Å²) in [6.45, 7) is 5.98. The van der Waals surface area contributed by atoms with E-state index in [0.29, 0.717) is 5.69 Å². The first kappa shape index (κ1) is 17.0. The summed E-state index contributed by atoms with van der Waals surface area (Å²) in [4.78, 5) is 10.1. The zero-order valence-corrected chi connectivity index (χ0v) is 13.9. The SMILES string of the molecule is CC(C)(C)c1ccccc1NS(=O)(=O)c1ccc([N+](=O)[O-])cc1. The third-order valence-electron chi connectivity index (χ3n) is 3.34. The number of nitrogens with zero attached hydrogens (tertiary/aromatic N) is 1. The van der Waals surface area contributed by atoms with Crippen molar-refractivity contribution in [2.75, 3.05) is 4.72 Å². The summed E-state index contributed by atoms with van der Waals surface area (Å²) in [7, 11) is -3.81. The molecule has 0 bridgehead atoms. The number of para-hydroxylation sites is 1. The number of anilines is 1. The molecule has 23 heavy (non-hydrogen) atoms. The molecule has 0 aliphatic heterocycles. The molecule has 0 aliphatic carbocycles. The molecule has 6 nitrogen and oxygen atoms in total. The lowest BCUT2D eigenvalue weighted by Gasteiger charge is -2.23. The van der Waals surface area contributed by atoms with Crippen molar-refractivity contribution in [1.29, 1.82) is 0 Å². The number of rotatable bonds is 4. The van der Waals surface area contributed by atoms with Crippen LogP contribution in [0.15, 0.2) is 53.4 Å². The molecule has 1 N–H and O–H groups in total. The van der Waals surface area contributed by atoms with Gasteiger partial charge in [-0.3, -0.25) is 14.8 Å². The van der Waals surface area contributed by atoms with Gasteiger partial charge < -0.3 is 0 Å². The molecule has 0 radical (unpaired) electrons. The van der Waals surface area contributed by atoms with E-state index in [0.717, 1.165) is 5.56 Å². The Morgan fingerprint density at radius 3 is 2.09 bits per heavy atom. The highest BCUT2D eigenvalue weighted by molar-refractivity contribution is 7.92. The van der Waals surface area contributed by atoms with E-state index in [9.17, 15) is 18.5 Å². The molecule has 7 heteroatoms. The first-order valence-corrected chi connectivity index (χ1v) is 8.46. The van der Waals surface area contributed by atoms with E-state index in [-0.39, 0.29) is 16.0 Å². The van der Waals surface area contributed by atoms with Gasteiger partial charge in [-0.15, -0.1) is 0 Å². The molecule has 0 heterocycles. The Kier molecular flexibility index (Phi) is 4.42. The third kappa shape index (κ3) is 3.87. The van der Waals surface area contributed by atoms with E-state index in [2.05, 4.69) is 4.72 Å². The largest absolute Gasteiger partial charge is 0.279 e. The zero-order valence-electron chi connectivity index (χ0n) is 13.1. The van der Waals surface area contributed by atoms with Gasteiger partial charge in [-0.1, -0.05) is 39.0 Å². The molecule has 0 saturated carbocycles. The fourth-order valence-corrected chi connectivity index (χ4v) is 3.26. The monoisotopic (exact) mass is 334 g/mol. The molecule has 0 amide bonds. The van der Waals surface area contributed by atoms with Gasteiger partial charge in [0.1, 0.15) is 0 Å².